The maximum Gasteiger partial charge on any atom is 0.124 e. The fourth-order valence-electron chi connectivity index (χ4n) is 1.24. The first-order valence-corrected chi connectivity index (χ1v) is 3.98. The van der Waals surface area contributed by atoms with Gasteiger partial charge >= 0.3 is 0 Å². The summed E-state index contributed by atoms with van der Waals surface area (Å²) in [6.07, 6.45) is 0.0196. The van der Waals surface area contributed by atoms with Gasteiger partial charge in [0.25, 0.3) is 0 Å². The zero-order chi connectivity index (χ0) is 8.97. The van der Waals surface area contributed by atoms with E-state index in [1.165, 1.54) is 11.1 Å². The summed E-state index contributed by atoms with van der Waals surface area (Å²) in [5.41, 5.74) is 2.43. The molecule has 0 saturated carbocycles. The Bertz CT molecular complexity index is 268. The second kappa shape index (κ2) is 4.02. The predicted molar refractivity (Wildman–Crippen MR) is 52.5 cm³/mol. The molecule has 0 spiro atoms. The molecule has 0 bridgehead atoms. The molecule has 1 aromatic carbocycles. The highest BCUT2D eigenvalue weighted by Gasteiger charge is 2.06. The fourth-order valence-corrected chi connectivity index (χ4v) is 1.24. The molecule has 1 rings (SSSR count). The molecule has 64 valence electrons. The predicted octanol–water partition coefficient (Wildman–Crippen LogP) is 1.91. The monoisotopic (exact) mass is 162 g/mol. The molecule has 0 heterocycles. The van der Waals surface area contributed by atoms with Gasteiger partial charge in [-0.15, -0.1) is 0 Å². The van der Waals surface area contributed by atoms with Crippen LogP contribution in [0.1, 0.15) is 17.3 Å². The molecule has 0 aliphatic heterocycles. The minimum atomic E-state index is 0.0196. The lowest BCUT2D eigenvalue weighted by Gasteiger charge is -2.13. The normalized spacial score (nSPS) is 12.5. The summed E-state index contributed by atoms with van der Waals surface area (Å²) in [7, 11) is 1.88. The van der Waals surface area contributed by atoms with E-state index in [1.807, 2.05) is 19.2 Å². The Morgan fingerprint density at radius 2 is 2.08 bits per heavy atom. The fraction of sp³-hybridized carbons (Fsp3) is 0.300. The minimum absolute atomic E-state index is 0.0196. The molecule has 12 heavy (non-hydrogen) atoms. The largest absolute Gasteiger partial charge is 0.295 e. The van der Waals surface area contributed by atoms with E-state index in [-0.39, 0.29) is 6.17 Å². The van der Waals surface area contributed by atoms with Crippen molar-refractivity contribution in [2.45, 2.75) is 13.1 Å². The lowest BCUT2D eigenvalue weighted by molar-refractivity contribution is 0.626. The molecular weight excluding hydrogens is 148 g/mol. The molecule has 0 amide bonds. The van der Waals surface area contributed by atoms with Crippen molar-refractivity contribution in [3.8, 4) is 0 Å². The van der Waals surface area contributed by atoms with Gasteiger partial charge in [-0.1, -0.05) is 24.3 Å². The van der Waals surface area contributed by atoms with E-state index >= 15 is 0 Å². The Morgan fingerprint density at radius 1 is 1.42 bits per heavy atom. The molecule has 0 fully saturated rings. The lowest BCUT2D eigenvalue weighted by atomic mass is 10.1. The van der Waals surface area contributed by atoms with Gasteiger partial charge in [0.05, 0.1) is 0 Å². The van der Waals surface area contributed by atoms with Crippen molar-refractivity contribution in [3.05, 3.63) is 35.4 Å². The number of aliphatic imine (C=N–C) groups is 1. The van der Waals surface area contributed by atoms with Crippen LogP contribution in [-0.4, -0.2) is 13.8 Å². The van der Waals surface area contributed by atoms with E-state index in [2.05, 4.69) is 36.1 Å². The average Bonchev–Trinajstić information content (AvgIpc) is 2.10. The third-order valence-corrected chi connectivity index (χ3v) is 1.94. The van der Waals surface area contributed by atoms with Crippen molar-refractivity contribution in [3.63, 3.8) is 0 Å². The zero-order valence-electron chi connectivity index (χ0n) is 7.54. The van der Waals surface area contributed by atoms with Crippen LogP contribution >= 0.6 is 0 Å². The molecule has 0 aliphatic rings. The Balaban J connectivity index is 3.00. The summed E-state index contributed by atoms with van der Waals surface area (Å²) < 4.78 is 0. The second-order valence-electron chi connectivity index (χ2n) is 2.73. The number of aryl methyl sites for hydroxylation is 1. The van der Waals surface area contributed by atoms with Crippen LogP contribution in [-0.2, 0) is 0 Å². The van der Waals surface area contributed by atoms with E-state index in [1.54, 1.807) is 0 Å². The SMILES string of the molecule is C=NC(NC)c1ccccc1C. The van der Waals surface area contributed by atoms with Crippen LogP contribution in [0.15, 0.2) is 29.3 Å². The number of hydrogen-bond acceptors (Lipinski definition) is 2. The van der Waals surface area contributed by atoms with Gasteiger partial charge in [-0.25, -0.2) is 0 Å². The van der Waals surface area contributed by atoms with E-state index in [0.29, 0.717) is 0 Å². The molecule has 1 aromatic rings. The summed E-state index contributed by atoms with van der Waals surface area (Å²) in [6.45, 7) is 5.61. The van der Waals surface area contributed by atoms with Gasteiger partial charge in [0.1, 0.15) is 6.17 Å². The van der Waals surface area contributed by atoms with Crippen molar-refractivity contribution in [2.24, 2.45) is 4.99 Å². The Morgan fingerprint density at radius 3 is 2.58 bits per heavy atom. The standard InChI is InChI=1S/C10H14N2/c1-8-6-4-5-7-9(8)10(11-2)12-3/h4-7,10,12H,2H2,1,3H3. The van der Waals surface area contributed by atoms with Gasteiger partial charge in [0.15, 0.2) is 0 Å². The summed E-state index contributed by atoms with van der Waals surface area (Å²) in [4.78, 5) is 3.98. The van der Waals surface area contributed by atoms with Crippen molar-refractivity contribution in [1.29, 1.82) is 0 Å². The highest BCUT2D eigenvalue weighted by molar-refractivity contribution is 5.32. The number of nitrogens with one attached hydrogen (secondary N) is 1. The van der Waals surface area contributed by atoms with E-state index < -0.39 is 0 Å². The molecule has 1 unspecified atom stereocenters. The van der Waals surface area contributed by atoms with Gasteiger partial charge in [0, 0.05) is 0 Å². The van der Waals surface area contributed by atoms with Crippen LogP contribution in [0.5, 0.6) is 0 Å². The van der Waals surface area contributed by atoms with Gasteiger partial charge < -0.3 is 0 Å². The smallest absolute Gasteiger partial charge is 0.124 e. The molecule has 0 aliphatic carbocycles. The van der Waals surface area contributed by atoms with Crippen LogP contribution in [0.3, 0.4) is 0 Å². The third kappa shape index (κ3) is 1.71. The van der Waals surface area contributed by atoms with Crippen LogP contribution in [0.25, 0.3) is 0 Å². The molecule has 1 atom stereocenters. The van der Waals surface area contributed by atoms with Crippen molar-refractivity contribution >= 4 is 6.72 Å². The molecule has 2 nitrogen and oxygen atoms in total. The lowest BCUT2D eigenvalue weighted by Crippen LogP contribution is -2.14. The maximum atomic E-state index is 3.98. The quantitative estimate of drug-likeness (QED) is 0.674. The van der Waals surface area contributed by atoms with Crippen molar-refractivity contribution in [1.82, 2.24) is 5.32 Å². The van der Waals surface area contributed by atoms with Gasteiger partial charge in [-0.05, 0) is 31.8 Å². The third-order valence-electron chi connectivity index (χ3n) is 1.94. The first kappa shape index (κ1) is 8.94. The minimum Gasteiger partial charge on any atom is -0.295 e. The highest BCUT2D eigenvalue weighted by atomic mass is 15.0. The first-order valence-electron chi connectivity index (χ1n) is 3.98. The molecule has 2 heteroatoms. The molecular formula is C10H14N2. The summed E-state index contributed by atoms with van der Waals surface area (Å²) in [6, 6.07) is 8.17. The molecule has 0 aromatic heterocycles. The van der Waals surface area contributed by atoms with Crippen LogP contribution in [0, 0.1) is 6.92 Å². The Labute approximate surface area is 73.3 Å². The van der Waals surface area contributed by atoms with Crippen LogP contribution < -0.4 is 5.32 Å². The van der Waals surface area contributed by atoms with Gasteiger partial charge in [-0.3, -0.25) is 10.3 Å². The Kier molecular flexibility index (Phi) is 3.00. The zero-order valence-corrected chi connectivity index (χ0v) is 7.54. The van der Waals surface area contributed by atoms with Crippen molar-refractivity contribution in [2.75, 3.05) is 7.05 Å². The highest BCUT2D eigenvalue weighted by Crippen LogP contribution is 2.16. The second-order valence-corrected chi connectivity index (χ2v) is 2.73. The van der Waals surface area contributed by atoms with E-state index in [0.717, 1.165) is 0 Å². The average molecular weight is 162 g/mol. The summed E-state index contributed by atoms with van der Waals surface area (Å²) in [5.74, 6) is 0. The van der Waals surface area contributed by atoms with E-state index in [4.69, 9.17) is 0 Å². The number of nitrogens with zero attached hydrogens (tertiary/aromatic N) is 1. The summed E-state index contributed by atoms with van der Waals surface area (Å²) in [5, 5.41) is 3.08. The van der Waals surface area contributed by atoms with Crippen LogP contribution in [0.4, 0.5) is 0 Å². The molecule has 0 saturated heterocycles. The van der Waals surface area contributed by atoms with Gasteiger partial charge in [0.2, 0.25) is 0 Å². The maximum absolute atomic E-state index is 3.98. The summed E-state index contributed by atoms with van der Waals surface area (Å²) >= 11 is 0. The number of rotatable bonds is 3. The molecule has 0 radical (unpaired) electrons. The number of benzene rings is 1. The molecule has 1 N–H and O–H groups in total. The van der Waals surface area contributed by atoms with Crippen molar-refractivity contribution < 1.29 is 0 Å². The van der Waals surface area contributed by atoms with Crippen LogP contribution in [0.2, 0.25) is 0 Å². The Hall–Kier alpha value is -1.15. The van der Waals surface area contributed by atoms with Gasteiger partial charge in [-0.2, -0.15) is 0 Å². The topological polar surface area (TPSA) is 24.4 Å². The van der Waals surface area contributed by atoms with E-state index in [9.17, 15) is 0 Å². The first-order chi connectivity index (χ1) is 5.79. The number of hydrogen-bond donors (Lipinski definition) is 1.